The average molecular weight is 444 g/mol. The molecule has 1 aliphatic carbocycles. The molecular formula is C21H20N10O2. The number of para-hydroxylation sites is 2. The van der Waals surface area contributed by atoms with Crippen LogP contribution in [-0.4, -0.2) is 50.2 Å². The standard InChI is InChI=1S/C21H20N10O2/c1-30-15-5-3-2-4-13(15)25-16(30)10-22-19-27-17-11(8-14-18(32)28-21(33)26-14)9-23-31(17)20(29-19)24-12-6-7-12/h2-5,8-9,12,32H,6-7,10H2,1H3,(H,22,24,29)(H2,26,28,33). The normalized spacial score (nSPS) is 15.2. The second kappa shape index (κ2) is 7.29. The van der Waals surface area contributed by atoms with E-state index in [0.717, 1.165) is 29.7 Å². The molecule has 166 valence electrons. The Morgan fingerprint density at radius 3 is 2.85 bits per heavy atom. The average Bonchev–Trinajstić information content (AvgIpc) is 3.31. The number of rotatable bonds is 5. The van der Waals surface area contributed by atoms with Crippen molar-refractivity contribution in [3.63, 3.8) is 0 Å². The Morgan fingerprint density at radius 2 is 2.09 bits per heavy atom. The zero-order valence-corrected chi connectivity index (χ0v) is 17.6. The van der Waals surface area contributed by atoms with Crippen LogP contribution in [0, 0.1) is 0 Å². The molecule has 0 radical (unpaired) electrons. The summed E-state index contributed by atoms with van der Waals surface area (Å²) in [4.78, 5) is 34.8. The van der Waals surface area contributed by atoms with Gasteiger partial charge in [0, 0.05) is 12.3 Å². The molecule has 1 saturated carbocycles. The third kappa shape index (κ3) is 3.50. The third-order valence-electron chi connectivity index (χ3n) is 5.54. The van der Waals surface area contributed by atoms with Crippen LogP contribution < -0.4 is 21.8 Å². The van der Waals surface area contributed by atoms with Gasteiger partial charge in [-0.15, -0.1) is 0 Å². The third-order valence-corrected chi connectivity index (χ3v) is 5.54. The predicted octanol–water partition coefficient (Wildman–Crippen LogP) is -0.0441. The Hall–Kier alpha value is -4.48. The van der Waals surface area contributed by atoms with Crippen molar-refractivity contribution in [2.24, 2.45) is 12.0 Å². The first kappa shape index (κ1) is 19.2. The highest BCUT2D eigenvalue weighted by Crippen LogP contribution is 2.22. The minimum atomic E-state index is -0.501. The highest BCUT2D eigenvalue weighted by molar-refractivity contribution is 5.75. The molecule has 0 spiro atoms. The Labute approximate surface area is 185 Å². The van der Waals surface area contributed by atoms with Crippen molar-refractivity contribution >= 4 is 28.7 Å². The lowest BCUT2D eigenvalue weighted by atomic mass is 10.3. The molecule has 5 aromatic rings. The molecule has 0 unspecified atom stereocenters. The fourth-order valence-corrected chi connectivity index (χ4v) is 3.67. The maximum atomic E-state index is 11.5. The molecule has 4 N–H and O–H groups in total. The van der Waals surface area contributed by atoms with Gasteiger partial charge in [-0.2, -0.15) is 19.6 Å². The minimum Gasteiger partial charge on any atom is -0.493 e. The van der Waals surface area contributed by atoms with Crippen LogP contribution in [0.5, 0.6) is 5.88 Å². The molecule has 4 heterocycles. The van der Waals surface area contributed by atoms with Gasteiger partial charge < -0.3 is 20.0 Å². The molecule has 6 rings (SSSR count). The van der Waals surface area contributed by atoms with Crippen LogP contribution in [0.2, 0.25) is 0 Å². The summed E-state index contributed by atoms with van der Waals surface area (Å²) in [5.74, 6) is 0.975. The van der Waals surface area contributed by atoms with E-state index >= 15 is 0 Å². The summed E-state index contributed by atoms with van der Waals surface area (Å²) in [5, 5.41) is 18.1. The van der Waals surface area contributed by atoms with Gasteiger partial charge in [-0.05, 0) is 31.1 Å². The number of hydrogen-bond acceptors (Lipinski definition) is 8. The van der Waals surface area contributed by atoms with E-state index in [-0.39, 0.29) is 17.6 Å². The fourth-order valence-electron chi connectivity index (χ4n) is 3.67. The lowest BCUT2D eigenvalue weighted by Crippen LogP contribution is -2.25. The number of aromatic nitrogens is 8. The summed E-state index contributed by atoms with van der Waals surface area (Å²) in [6, 6.07) is 8.18. The van der Waals surface area contributed by atoms with E-state index in [2.05, 4.69) is 40.3 Å². The van der Waals surface area contributed by atoms with E-state index in [1.165, 1.54) is 0 Å². The summed E-state index contributed by atoms with van der Waals surface area (Å²) in [6.45, 7) is 0.420. The van der Waals surface area contributed by atoms with Crippen LogP contribution in [0.1, 0.15) is 24.4 Å². The van der Waals surface area contributed by atoms with Gasteiger partial charge in [0.15, 0.2) is 5.65 Å². The smallest absolute Gasteiger partial charge is 0.326 e. The van der Waals surface area contributed by atoms with Crippen molar-refractivity contribution in [2.45, 2.75) is 25.4 Å². The van der Waals surface area contributed by atoms with Crippen molar-refractivity contribution < 1.29 is 5.11 Å². The quantitative estimate of drug-likeness (QED) is 0.296. The molecule has 33 heavy (non-hydrogen) atoms. The van der Waals surface area contributed by atoms with E-state index in [0.29, 0.717) is 29.0 Å². The molecule has 4 aromatic heterocycles. The van der Waals surface area contributed by atoms with E-state index in [4.69, 9.17) is 0 Å². The van der Waals surface area contributed by atoms with Crippen LogP contribution >= 0.6 is 0 Å². The van der Waals surface area contributed by atoms with Crippen LogP contribution in [-0.2, 0) is 13.6 Å². The molecule has 0 saturated heterocycles. The first-order valence-electron chi connectivity index (χ1n) is 10.5. The number of benzene rings is 1. The molecule has 0 bridgehead atoms. The number of fused-ring (bicyclic) bond motifs is 2. The zero-order valence-electron chi connectivity index (χ0n) is 17.6. The highest BCUT2D eigenvalue weighted by atomic mass is 16.3. The number of imidazole rings is 2. The van der Waals surface area contributed by atoms with Crippen LogP contribution in [0.25, 0.3) is 22.8 Å². The summed E-state index contributed by atoms with van der Waals surface area (Å²) in [5.41, 5.74) is 2.65. The number of aromatic amines is 2. The second-order valence-electron chi connectivity index (χ2n) is 7.96. The molecule has 12 heteroatoms. The van der Waals surface area contributed by atoms with Gasteiger partial charge >= 0.3 is 5.69 Å². The maximum absolute atomic E-state index is 11.5. The Balaban J connectivity index is 1.43. The number of H-pyrrole nitrogens is 2. The van der Waals surface area contributed by atoms with E-state index in [9.17, 15) is 9.90 Å². The topological polar surface area (TPSA) is 154 Å². The number of nitrogens with zero attached hydrogens (tertiary/aromatic N) is 7. The summed E-state index contributed by atoms with van der Waals surface area (Å²) < 4.78 is 3.59. The fraction of sp³-hybridized carbons (Fsp3) is 0.238. The molecule has 1 aliphatic rings. The van der Waals surface area contributed by atoms with Gasteiger partial charge in [0.25, 0.3) is 5.62 Å². The molecule has 1 aromatic carbocycles. The lowest BCUT2D eigenvalue weighted by molar-refractivity contribution is 0.454. The second-order valence-corrected chi connectivity index (χ2v) is 7.96. The van der Waals surface area contributed by atoms with E-state index in [1.807, 2.05) is 35.9 Å². The van der Waals surface area contributed by atoms with Crippen LogP contribution in [0.3, 0.4) is 0 Å². The molecule has 0 amide bonds. The van der Waals surface area contributed by atoms with Crippen molar-refractivity contribution in [2.75, 3.05) is 5.32 Å². The predicted molar refractivity (Wildman–Crippen MR) is 119 cm³/mol. The maximum Gasteiger partial charge on any atom is 0.326 e. The molecule has 0 aliphatic heterocycles. The largest absolute Gasteiger partial charge is 0.493 e. The lowest BCUT2D eigenvalue weighted by Gasteiger charge is -2.06. The van der Waals surface area contributed by atoms with Gasteiger partial charge in [-0.25, -0.2) is 14.8 Å². The summed E-state index contributed by atoms with van der Waals surface area (Å²) in [7, 11) is 1.97. The number of aryl methyl sites for hydroxylation is 1. The van der Waals surface area contributed by atoms with Gasteiger partial charge in [0.05, 0.1) is 29.8 Å². The number of anilines is 1. The first-order chi connectivity index (χ1) is 16.0. The Morgan fingerprint density at radius 1 is 1.24 bits per heavy atom. The van der Waals surface area contributed by atoms with Crippen LogP contribution in [0.15, 0.2) is 40.2 Å². The van der Waals surface area contributed by atoms with Crippen molar-refractivity contribution in [1.29, 1.82) is 0 Å². The molecule has 1 fully saturated rings. The van der Waals surface area contributed by atoms with Crippen molar-refractivity contribution in [1.82, 2.24) is 39.1 Å². The van der Waals surface area contributed by atoms with Gasteiger partial charge in [0.1, 0.15) is 11.5 Å². The van der Waals surface area contributed by atoms with E-state index in [1.54, 1.807) is 16.8 Å². The van der Waals surface area contributed by atoms with Gasteiger partial charge in [-0.3, -0.25) is 4.98 Å². The van der Waals surface area contributed by atoms with Crippen molar-refractivity contribution in [3.05, 3.63) is 63.3 Å². The van der Waals surface area contributed by atoms with Crippen LogP contribution in [0.4, 0.5) is 5.95 Å². The number of nitrogens with one attached hydrogen (secondary N) is 3. The Kier molecular flexibility index (Phi) is 4.25. The monoisotopic (exact) mass is 444 g/mol. The first-order valence-corrected chi connectivity index (χ1v) is 10.5. The highest BCUT2D eigenvalue weighted by Gasteiger charge is 2.21. The summed E-state index contributed by atoms with van der Waals surface area (Å²) in [6.07, 6.45) is 5.23. The molecule has 0 atom stereocenters. The van der Waals surface area contributed by atoms with Crippen molar-refractivity contribution in [3.8, 4) is 5.88 Å². The SMILES string of the molecule is Cn1c(CNc2nc(=NC3CC3)n3ncc(=Cc4[nH]c(=O)[nH]c4O)c3n2)nc2ccccc21. The van der Waals surface area contributed by atoms with Gasteiger partial charge in [0.2, 0.25) is 11.8 Å². The number of aromatic hydroxyl groups is 1. The molecule has 12 nitrogen and oxygen atoms in total. The van der Waals surface area contributed by atoms with Gasteiger partial charge in [-0.1, -0.05) is 12.1 Å². The van der Waals surface area contributed by atoms with E-state index < -0.39 is 5.69 Å². The Bertz CT molecular complexity index is 1690. The summed E-state index contributed by atoms with van der Waals surface area (Å²) >= 11 is 0. The minimum absolute atomic E-state index is 0.234. The number of hydrogen-bond donors (Lipinski definition) is 4. The zero-order chi connectivity index (χ0) is 22.5. The molecular weight excluding hydrogens is 424 g/mol.